The highest BCUT2D eigenvalue weighted by Crippen LogP contribution is 2.33. The molecule has 1 aromatic heterocycles. The predicted molar refractivity (Wildman–Crippen MR) is 112 cm³/mol. The summed E-state index contributed by atoms with van der Waals surface area (Å²) in [5, 5.41) is 6.22. The van der Waals surface area contributed by atoms with E-state index in [-0.39, 0.29) is 42.5 Å². The fraction of sp³-hybridized carbons (Fsp3) is 0.471. The Morgan fingerprint density at radius 1 is 1.27 bits per heavy atom. The van der Waals surface area contributed by atoms with Gasteiger partial charge in [-0.25, -0.2) is 4.98 Å². The minimum Gasteiger partial charge on any atom is -0.326 e. The van der Waals surface area contributed by atoms with E-state index in [1.54, 1.807) is 0 Å². The molecule has 0 radical (unpaired) electrons. The summed E-state index contributed by atoms with van der Waals surface area (Å²) in [5.74, 6) is -0.342. The molecule has 9 heteroatoms. The zero-order chi connectivity index (χ0) is 17.3. The Bertz CT molecular complexity index is 794. The molecule has 26 heavy (non-hydrogen) atoms. The molecule has 6 nitrogen and oxygen atoms in total. The molecule has 144 valence electrons. The van der Waals surface area contributed by atoms with Crippen molar-refractivity contribution < 1.29 is 9.59 Å². The van der Waals surface area contributed by atoms with Gasteiger partial charge in [-0.3, -0.25) is 9.59 Å². The van der Waals surface area contributed by atoms with Gasteiger partial charge in [0.05, 0.1) is 16.1 Å². The van der Waals surface area contributed by atoms with Crippen molar-refractivity contribution in [3.8, 4) is 0 Å². The lowest BCUT2D eigenvalue weighted by Crippen LogP contribution is -2.51. The van der Waals surface area contributed by atoms with Crippen LogP contribution in [0, 0.1) is 5.92 Å². The summed E-state index contributed by atoms with van der Waals surface area (Å²) < 4.78 is 0.913. The van der Waals surface area contributed by atoms with E-state index in [0.29, 0.717) is 5.13 Å². The van der Waals surface area contributed by atoms with Gasteiger partial charge in [-0.2, -0.15) is 0 Å². The Hall–Kier alpha value is -1.41. The van der Waals surface area contributed by atoms with Crippen LogP contribution in [0.15, 0.2) is 18.2 Å². The maximum atomic E-state index is 12.6. The van der Waals surface area contributed by atoms with Gasteiger partial charge in [0.1, 0.15) is 0 Å². The molecule has 1 aromatic carbocycles. The number of halogens is 2. The summed E-state index contributed by atoms with van der Waals surface area (Å²) in [6, 6.07) is 5.55. The minimum atomic E-state index is -0.449. The molecule has 2 amide bonds. The number of rotatable bonds is 3. The van der Waals surface area contributed by atoms with Gasteiger partial charge in [0, 0.05) is 18.2 Å². The van der Waals surface area contributed by atoms with Crippen molar-refractivity contribution in [2.24, 2.45) is 11.7 Å². The standard InChI is InChI=1S/C17H22N4O2S.2ClH/c1-10(22)19-16-21-13-7-6-11(9-14(13)24-16)20-15(23)12-5-3-4-8-17(12,2)18;;/h6-7,9,12H,3-5,8,18H2,1-2H3,(H,20,23)(H,19,21,22);2*1H. The number of carbonyl (C=O) groups excluding carboxylic acids is 2. The van der Waals surface area contributed by atoms with Gasteiger partial charge >= 0.3 is 0 Å². The Kier molecular flexibility index (Phi) is 7.83. The van der Waals surface area contributed by atoms with Gasteiger partial charge in [-0.1, -0.05) is 24.2 Å². The third kappa shape index (κ3) is 5.07. The normalized spacial score (nSPS) is 22.0. The second-order valence-corrected chi connectivity index (χ2v) is 7.71. The lowest BCUT2D eigenvalue weighted by molar-refractivity contribution is -0.122. The van der Waals surface area contributed by atoms with Crippen LogP contribution in [-0.4, -0.2) is 22.3 Å². The molecule has 0 aliphatic heterocycles. The highest BCUT2D eigenvalue weighted by atomic mass is 35.5. The van der Waals surface area contributed by atoms with E-state index in [4.69, 9.17) is 5.73 Å². The molecule has 2 aromatic rings. The lowest BCUT2D eigenvalue weighted by Gasteiger charge is -2.37. The fourth-order valence-electron chi connectivity index (χ4n) is 3.22. The quantitative estimate of drug-likeness (QED) is 0.702. The first-order valence-electron chi connectivity index (χ1n) is 8.13. The zero-order valence-electron chi connectivity index (χ0n) is 14.7. The van der Waals surface area contributed by atoms with E-state index in [1.165, 1.54) is 18.3 Å². The van der Waals surface area contributed by atoms with Gasteiger partial charge in [-0.05, 0) is 38.0 Å². The van der Waals surface area contributed by atoms with Crippen LogP contribution in [0.4, 0.5) is 10.8 Å². The van der Waals surface area contributed by atoms with Gasteiger partial charge in [0.25, 0.3) is 0 Å². The number of hydrogen-bond donors (Lipinski definition) is 3. The molecule has 0 spiro atoms. The molecule has 2 atom stereocenters. The number of fused-ring (bicyclic) bond motifs is 1. The van der Waals surface area contributed by atoms with E-state index < -0.39 is 5.54 Å². The Morgan fingerprint density at radius 3 is 2.65 bits per heavy atom. The summed E-state index contributed by atoms with van der Waals surface area (Å²) in [5.41, 5.74) is 7.38. The first-order valence-corrected chi connectivity index (χ1v) is 8.95. The molecule has 1 saturated carbocycles. The SMILES string of the molecule is CC(=O)Nc1nc2ccc(NC(=O)C3CCCCC3(C)N)cc2s1.Cl.Cl. The van der Waals surface area contributed by atoms with Crippen LogP contribution in [0.1, 0.15) is 39.5 Å². The minimum absolute atomic E-state index is 0. The van der Waals surface area contributed by atoms with Crippen LogP contribution in [0.25, 0.3) is 10.2 Å². The highest BCUT2D eigenvalue weighted by Gasteiger charge is 2.37. The van der Waals surface area contributed by atoms with Crippen molar-refractivity contribution in [1.82, 2.24) is 4.98 Å². The Morgan fingerprint density at radius 2 is 2.00 bits per heavy atom. The van der Waals surface area contributed by atoms with Crippen molar-refractivity contribution in [2.75, 3.05) is 10.6 Å². The van der Waals surface area contributed by atoms with Gasteiger partial charge in [0.15, 0.2) is 5.13 Å². The van der Waals surface area contributed by atoms with Crippen LogP contribution in [-0.2, 0) is 9.59 Å². The fourth-order valence-corrected chi connectivity index (χ4v) is 4.18. The van der Waals surface area contributed by atoms with E-state index in [1.807, 2.05) is 25.1 Å². The monoisotopic (exact) mass is 418 g/mol. The van der Waals surface area contributed by atoms with Crippen molar-refractivity contribution in [1.29, 1.82) is 0 Å². The van der Waals surface area contributed by atoms with Crippen LogP contribution in [0.3, 0.4) is 0 Å². The van der Waals surface area contributed by atoms with Crippen molar-refractivity contribution in [3.63, 3.8) is 0 Å². The molecule has 3 rings (SSSR count). The number of carbonyl (C=O) groups is 2. The number of nitrogens with one attached hydrogen (secondary N) is 2. The molecule has 1 heterocycles. The first kappa shape index (κ1) is 22.6. The average Bonchev–Trinajstić information content (AvgIpc) is 2.87. The molecule has 0 bridgehead atoms. The summed E-state index contributed by atoms with van der Waals surface area (Å²) in [7, 11) is 0. The Balaban J connectivity index is 0.00000169. The van der Waals surface area contributed by atoms with Crippen LogP contribution >= 0.6 is 36.2 Å². The molecule has 1 fully saturated rings. The number of thiazole rings is 1. The number of amides is 2. The summed E-state index contributed by atoms with van der Waals surface area (Å²) >= 11 is 1.38. The number of nitrogens with zero attached hydrogens (tertiary/aromatic N) is 1. The molecular weight excluding hydrogens is 395 g/mol. The number of benzene rings is 1. The first-order chi connectivity index (χ1) is 11.3. The highest BCUT2D eigenvalue weighted by molar-refractivity contribution is 7.22. The smallest absolute Gasteiger partial charge is 0.229 e. The molecule has 2 unspecified atom stereocenters. The third-order valence-electron chi connectivity index (χ3n) is 4.51. The molecule has 1 aliphatic rings. The summed E-state index contributed by atoms with van der Waals surface area (Å²) in [4.78, 5) is 28.1. The van der Waals surface area contributed by atoms with Gasteiger partial charge in [-0.15, -0.1) is 24.8 Å². The predicted octanol–water partition coefficient (Wildman–Crippen LogP) is 3.94. The van der Waals surface area contributed by atoms with Crippen LogP contribution in [0.2, 0.25) is 0 Å². The molecule has 0 saturated heterocycles. The van der Waals surface area contributed by atoms with Crippen molar-refractivity contribution >= 4 is 69.0 Å². The lowest BCUT2D eigenvalue weighted by atomic mass is 9.74. The summed E-state index contributed by atoms with van der Waals surface area (Å²) in [6.07, 6.45) is 3.82. The van der Waals surface area contributed by atoms with Crippen LogP contribution < -0.4 is 16.4 Å². The number of anilines is 2. The molecule has 1 aliphatic carbocycles. The topological polar surface area (TPSA) is 97.1 Å². The second-order valence-electron chi connectivity index (χ2n) is 6.68. The van der Waals surface area contributed by atoms with E-state index in [9.17, 15) is 9.59 Å². The van der Waals surface area contributed by atoms with Crippen molar-refractivity contribution in [2.45, 2.75) is 45.1 Å². The average molecular weight is 419 g/mol. The number of hydrogen-bond acceptors (Lipinski definition) is 5. The van der Waals surface area contributed by atoms with E-state index >= 15 is 0 Å². The second kappa shape index (κ2) is 8.99. The van der Waals surface area contributed by atoms with E-state index in [0.717, 1.165) is 41.6 Å². The van der Waals surface area contributed by atoms with Crippen molar-refractivity contribution in [3.05, 3.63) is 18.2 Å². The molecular formula is C17H24Cl2N4O2S. The molecule has 4 N–H and O–H groups in total. The third-order valence-corrected chi connectivity index (χ3v) is 5.44. The van der Waals surface area contributed by atoms with Gasteiger partial charge < -0.3 is 16.4 Å². The maximum Gasteiger partial charge on any atom is 0.229 e. The maximum absolute atomic E-state index is 12.6. The van der Waals surface area contributed by atoms with Gasteiger partial charge in [0.2, 0.25) is 11.8 Å². The number of nitrogens with two attached hydrogens (primary N) is 1. The number of aromatic nitrogens is 1. The zero-order valence-corrected chi connectivity index (χ0v) is 17.2. The Labute approximate surface area is 169 Å². The van der Waals surface area contributed by atoms with E-state index in [2.05, 4.69) is 15.6 Å². The largest absolute Gasteiger partial charge is 0.326 e. The van der Waals surface area contributed by atoms with Crippen LogP contribution in [0.5, 0.6) is 0 Å². The summed E-state index contributed by atoms with van der Waals surface area (Å²) in [6.45, 7) is 3.41.